The van der Waals surface area contributed by atoms with Crippen molar-refractivity contribution in [3.63, 3.8) is 0 Å². The second-order valence-corrected chi connectivity index (χ2v) is 5.29. The van der Waals surface area contributed by atoms with Crippen LogP contribution in [0, 0.1) is 0 Å². The summed E-state index contributed by atoms with van der Waals surface area (Å²) in [6.45, 7) is 1.80. The average molecular weight is 302 g/mol. The summed E-state index contributed by atoms with van der Waals surface area (Å²) in [5.41, 5.74) is 1.40. The summed E-state index contributed by atoms with van der Waals surface area (Å²) in [5, 5.41) is 6.13. The van der Waals surface area contributed by atoms with Gasteiger partial charge in [-0.25, -0.2) is 4.98 Å². The molecule has 1 amide bonds. The molecular weight excluding hydrogens is 288 g/mol. The van der Waals surface area contributed by atoms with Crippen molar-refractivity contribution in [1.82, 2.24) is 4.98 Å². The number of rotatable bonds is 4. The molecule has 1 aromatic carbocycles. The molecule has 0 saturated heterocycles. The summed E-state index contributed by atoms with van der Waals surface area (Å²) in [6.07, 6.45) is 0.427. The van der Waals surface area contributed by atoms with Gasteiger partial charge in [0.25, 0.3) is 0 Å². The second kappa shape index (κ2) is 5.57. The average Bonchev–Trinajstić information content (AvgIpc) is 3.12. The Morgan fingerprint density at radius 3 is 3.10 bits per heavy atom. The largest absolute Gasteiger partial charge is 0.493 e. The maximum Gasteiger partial charge on any atom is 0.225 e. The summed E-state index contributed by atoms with van der Waals surface area (Å²) in [5.74, 6) is 1.29. The van der Waals surface area contributed by atoms with Crippen molar-refractivity contribution in [1.29, 1.82) is 0 Å². The van der Waals surface area contributed by atoms with E-state index in [2.05, 4.69) is 10.3 Å². The Kier molecular flexibility index (Phi) is 3.62. The molecule has 2 aromatic heterocycles. The standard InChI is InChI=1S/C15H14N2O3S/c1-3-13(18)17-15-16-10(8-21-15)12-7-9-5-4-6-11(19-2)14(9)20-12/h4-8H,3H2,1-2H3,(H,16,17,18). The van der Waals surface area contributed by atoms with Crippen molar-refractivity contribution in [2.24, 2.45) is 0 Å². The quantitative estimate of drug-likeness (QED) is 0.793. The first-order valence-electron chi connectivity index (χ1n) is 6.53. The number of hydrogen-bond donors (Lipinski definition) is 1. The molecule has 0 radical (unpaired) electrons. The predicted molar refractivity (Wildman–Crippen MR) is 82.8 cm³/mol. The number of nitrogens with zero attached hydrogens (tertiary/aromatic N) is 1. The molecule has 0 saturated carbocycles. The van der Waals surface area contributed by atoms with Crippen molar-refractivity contribution in [3.8, 4) is 17.2 Å². The van der Waals surface area contributed by atoms with Crippen LogP contribution in [0.2, 0.25) is 0 Å². The molecule has 0 bridgehead atoms. The molecule has 0 aliphatic heterocycles. The summed E-state index contributed by atoms with van der Waals surface area (Å²) in [4.78, 5) is 15.7. The zero-order chi connectivity index (χ0) is 14.8. The Morgan fingerprint density at radius 2 is 2.33 bits per heavy atom. The van der Waals surface area contributed by atoms with Crippen molar-refractivity contribution in [2.75, 3.05) is 12.4 Å². The molecule has 0 spiro atoms. The van der Waals surface area contributed by atoms with Crippen LogP contribution in [0.15, 0.2) is 34.1 Å². The van der Waals surface area contributed by atoms with Crippen LogP contribution in [-0.4, -0.2) is 18.0 Å². The van der Waals surface area contributed by atoms with E-state index >= 15 is 0 Å². The predicted octanol–water partition coefficient (Wildman–Crippen LogP) is 3.91. The smallest absolute Gasteiger partial charge is 0.225 e. The fourth-order valence-electron chi connectivity index (χ4n) is 1.98. The highest BCUT2D eigenvalue weighted by Crippen LogP contribution is 2.34. The Morgan fingerprint density at radius 1 is 1.48 bits per heavy atom. The zero-order valence-corrected chi connectivity index (χ0v) is 12.5. The third-order valence-corrected chi connectivity index (χ3v) is 3.81. The number of fused-ring (bicyclic) bond motifs is 1. The number of para-hydroxylation sites is 1. The number of hydrogen-bond acceptors (Lipinski definition) is 5. The van der Waals surface area contributed by atoms with Gasteiger partial charge in [-0.05, 0) is 12.1 Å². The second-order valence-electron chi connectivity index (χ2n) is 4.43. The Bertz CT molecular complexity index is 791. The molecular formula is C15H14N2O3S. The van der Waals surface area contributed by atoms with Crippen LogP contribution < -0.4 is 10.1 Å². The number of aromatic nitrogens is 1. The SMILES string of the molecule is CCC(=O)Nc1nc(-c2cc3cccc(OC)c3o2)cs1. The van der Waals surface area contributed by atoms with Gasteiger partial charge in [0, 0.05) is 17.2 Å². The maximum absolute atomic E-state index is 11.4. The molecule has 108 valence electrons. The molecule has 1 N–H and O–H groups in total. The number of anilines is 1. The van der Waals surface area contributed by atoms with Gasteiger partial charge < -0.3 is 14.5 Å². The number of carbonyl (C=O) groups excluding carboxylic acids is 1. The molecule has 3 rings (SSSR count). The summed E-state index contributed by atoms with van der Waals surface area (Å²) in [6, 6.07) is 7.63. The van der Waals surface area contributed by atoms with Gasteiger partial charge in [-0.3, -0.25) is 4.79 Å². The van der Waals surface area contributed by atoms with Gasteiger partial charge in [0.15, 0.2) is 22.2 Å². The van der Waals surface area contributed by atoms with Crippen molar-refractivity contribution in [2.45, 2.75) is 13.3 Å². The minimum Gasteiger partial charge on any atom is -0.493 e. The summed E-state index contributed by atoms with van der Waals surface area (Å²) >= 11 is 1.37. The first kappa shape index (κ1) is 13.6. The van der Waals surface area contributed by atoms with Gasteiger partial charge >= 0.3 is 0 Å². The number of carbonyl (C=O) groups is 1. The van der Waals surface area contributed by atoms with Gasteiger partial charge in [-0.1, -0.05) is 19.1 Å². The van der Waals surface area contributed by atoms with Crippen molar-refractivity contribution < 1.29 is 13.9 Å². The van der Waals surface area contributed by atoms with Gasteiger partial charge in [0.05, 0.1) is 7.11 Å². The van der Waals surface area contributed by atoms with Crippen LogP contribution in [0.5, 0.6) is 5.75 Å². The maximum atomic E-state index is 11.4. The molecule has 5 nitrogen and oxygen atoms in total. The number of thiazole rings is 1. The zero-order valence-electron chi connectivity index (χ0n) is 11.7. The number of nitrogens with one attached hydrogen (secondary N) is 1. The number of ether oxygens (including phenoxy) is 1. The van der Waals surface area contributed by atoms with E-state index in [0.717, 1.165) is 5.39 Å². The van der Waals surface area contributed by atoms with Crippen LogP contribution in [0.3, 0.4) is 0 Å². The van der Waals surface area contributed by atoms with Crippen molar-refractivity contribution >= 4 is 33.3 Å². The molecule has 0 unspecified atom stereocenters. The minimum absolute atomic E-state index is 0.0535. The fraction of sp³-hybridized carbons (Fsp3) is 0.200. The topological polar surface area (TPSA) is 64.4 Å². The van der Waals surface area contributed by atoms with Crippen LogP contribution in [0.1, 0.15) is 13.3 Å². The van der Waals surface area contributed by atoms with E-state index in [1.165, 1.54) is 11.3 Å². The van der Waals surface area contributed by atoms with Gasteiger partial charge in [-0.15, -0.1) is 11.3 Å². The molecule has 3 aromatic rings. The molecule has 0 fully saturated rings. The highest BCUT2D eigenvalue weighted by molar-refractivity contribution is 7.14. The Labute approximate surface area is 125 Å². The van der Waals surface area contributed by atoms with E-state index in [9.17, 15) is 4.79 Å². The van der Waals surface area contributed by atoms with Crippen LogP contribution >= 0.6 is 11.3 Å². The number of methoxy groups -OCH3 is 1. The molecule has 6 heteroatoms. The Hall–Kier alpha value is -2.34. The lowest BCUT2D eigenvalue weighted by molar-refractivity contribution is -0.115. The number of furan rings is 1. The van der Waals surface area contributed by atoms with E-state index in [1.807, 2.05) is 29.6 Å². The minimum atomic E-state index is -0.0535. The fourth-order valence-corrected chi connectivity index (χ4v) is 2.69. The lowest BCUT2D eigenvalue weighted by atomic mass is 10.2. The van der Waals surface area contributed by atoms with E-state index in [4.69, 9.17) is 9.15 Å². The van der Waals surface area contributed by atoms with E-state index in [-0.39, 0.29) is 5.91 Å². The third-order valence-electron chi connectivity index (χ3n) is 3.05. The normalized spacial score (nSPS) is 10.8. The molecule has 0 atom stereocenters. The van der Waals surface area contributed by atoms with Gasteiger partial charge in [0.1, 0.15) is 5.69 Å². The van der Waals surface area contributed by atoms with Crippen molar-refractivity contribution in [3.05, 3.63) is 29.6 Å². The first-order chi connectivity index (χ1) is 10.2. The summed E-state index contributed by atoms with van der Waals surface area (Å²) in [7, 11) is 1.61. The van der Waals surface area contributed by atoms with E-state index in [0.29, 0.717) is 34.3 Å². The van der Waals surface area contributed by atoms with Crippen LogP contribution in [-0.2, 0) is 4.79 Å². The number of benzene rings is 1. The van der Waals surface area contributed by atoms with E-state index < -0.39 is 0 Å². The first-order valence-corrected chi connectivity index (χ1v) is 7.41. The lowest BCUT2D eigenvalue weighted by Gasteiger charge is -1.98. The monoisotopic (exact) mass is 302 g/mol. The molecule has 0 aliphatic rings. The van der Waals surface area contributed by atoms with Crippen LogP contribution in [0.4, 0.5) is 5.13 Å². The molecule has 2 heterocycles. The molecule has 0 aliphatic carbocycles. The van der Waals surface area contributed by atoms with Gasteiger partial charge in [0.2, 0.25) is 5.91 Å². The Balaban J connectivity index is 1.95. The summed E-state index contributed by atoms with van der Waals surface area (Å²) < 4.78 is 11.1. The highest BCUT2D eigenvalue weighted by Gasteiger charge is 2.13. The van der Waals surface area contributed by atoms with E-state index in [1.54, 1.807) is 14.0 Å². The third kappa shape index (κ3) is 2.62. The molecule has 21 heavy (non-hydrogen) atoms. The number of amides is 1. The highest BCUT2D eigenvalue weighted by atomic mass is 32.1. The van der Waals surface area contributed by atoms with Gasteiger partial charge in [-0.2, -0.15) is 0 Å². The lowest BCUT2D eigenvalue weighted by Crippen LogP contribution is -2.08. The van der Waals surface area contributed by atoms with Crippen LogP contribution in [0.25, 0.3) is 22.4 Å².